The van der Waals surface area contributed by atoms with Gasteiger partial charge in [0.05, 0.1) is 0 Å². The van der Waals surface area contributed by atoms with Gasteiger partial charge in [0.15, 0.2) is 0 Å². The van der Waals surface area contributed by atoms with Gasteiger partial charge in [-0.15, -0.1) is 0 Å². The lowest BCUT2D eigenvalue weighted by Gasteiger charge is -2.26. The largest absolute Gasteiger partial charge is 0.316 e. The molecular weight excluding hydrogens is 208 g/mol. The molecule has 16 heavy (non-hydrogen) atoms. The van der Waals surface area contributed by atoms with Crippen LogP contribution in [0.5, 0.6) is 0 Å². The van der Waals surface area contributed by atoms with Crippen LogP contribution < -0.4 is 5.32 Å². The van der Waals surface area contributed by atoms with E-state index in [1.807, 2.05) is 0 Å². The molecule has 0 radical (unpaired) electrons. The summed E-state index contributed by atoms with van der Waals surface area (Å²) in [6.45, 7) is 5.31. The van der Waals surface area contributed by atoms with E-state index >= 15 is 0 Å². The van der Waals surface area contributed by atoms with Crippen molar-refractivity contribution < 1.29 is 8.78 Å². The molecule has 0 spiro atoms. The zero-order chi connectivity index (χ0) is 11.7. The highest BCUT2D eigenvalue weighted by atomic mass is 19.1. The Labute approximate surface area is 94.9 Å². The van der Waals surface area contributed by atoms with Gasteiger partial charge in [0, 0.05) is 12.6 Å². The molecule has 0 aliphatic carbocycles. The molecule has 1 heterocycles. The first-order valence-corrected chi connectivity index (χ1v) is 5.77. The van der Waals surface area contributed by atoms with Crippen LogP contribution in [0.4, 0.5) is 8.78 Å². The lowest BCUT2D eigenvalue weighted by molar-refractivity contribution is 0.452. The molecule has 1 fully saturated rings. The van der Waals surface area contributed by atoms with Gasteiger partial charge in [-0.05, 0) is 55.8 Å². The van der Waals surface area contributed by atoms with E-state index in [0.29, 0.717) is 11.1 Å². The van der Waals surface area contributed by atoms with Crippen LogP contribution in [0.25, 0.3) is 0 Å². The number of halogens is 2. The Balaban J connectivity index is 2.45. The Morgan fingerprint density at radius 3 is 2.31 bits per heavy atom. The van der Waals surface area contributed by atoms with Crippen LogP contribution in [0.3, 0.4) is 0 Å². The molecule has 3 heteroatoms. The van der Waals surface area contributed by atoms with Crippen LogP contribution in [0.1, 0.15) is 35.4 Å². The van der Waals surface area contributed by atoms with Crippen molar-refractivity contribution in [2.75, 3.05) is 13.1 Å². The average molecular weight is 225 g/mol. The van der Waals surface area contributed by atoms with Crippen molar-refractivity contribution in [1.82, 2.24) is 5.32 Å². The normalized spacial score (nSPS) is 21.1. The minimum absolute atomic E-state index is 0.249. The number of piperidine rings is 1. The third-order valence-corrected chi connectivity index (χ3v) is 3.48. The summed E-state index contributed by atoms with van der Waals surface area (Å²) in [5.41, 5.74) is 2.07. The van der Waals surface area contributed by atoms with Crippen LogP contribution in [-0.2, 0) is 0 Å². The molecule has 0 aromatic heterocycles. The van der Waals surface area contributed by atoms with Crippen LogP contribution >= 0.6 is 0 Å². The van der Waals surface area contributed by atoms with Gasteiger partial charge in [-0.1, -0.05) is 0 Å². The lowest BCUT2D eigenvalue weighted by atomic mass is 9.85. The van der Waals surface area contributed by atoms with E-state index in [-0.39, 0.29) is 5.92 Å². The Kier molecular flexibility index (Phi) is 3.24. The van der Waals surface area contributed by atoms with Crippen LogP contribution in [0, 0.1) is 25.5 Å². The molecule has 1 atom stereocenters. The Hall–Kier alpha value is -0.960. The molecule has 1 unspecified atom stereocenters. The maximum Gasteiger partial charge on any atom is 0.129 e. The topological polar surface area (TPSA) is 12.0 Å². The van der Waals surface area contributed by atoms with Gasteiger partial charge in [-0.3, -0.25) is 0 Å². The SMILES string of the molecule is Cc1c(F)cc(F)c(C)c1C1CCCNC1. The summed E-state index contributed by atoms with van der Waals surface area (Å²) in [7, 11) is 0. The standard InChI is InChI=1S/C13H17F2N/c1-8-11(14)6-12(15)9(2)13(8)10-4-3-5-16-7-10/h6,10,16H,3-5,7H2,1-2H3. The van der Waals surface area contributed by atoms with Crippen LogP contribution in [-0.4, -0.2) is 13.1 Å². The second kappa shape index (κ2) is 4.50. The molecule has 1 aliphatic rings. The maximum absolute atomic E-state index is 13.5. The van der Waals surface area contributed by atoms with Crippen molar-refractivity contribution in [3.8, 4) is 0 Å². The summed E-state index contributed by atoms with van der Waals surface area (Å²) in [5, 5.41) is 3.28. The first-order valence-electron chi connectivity index (χ1n) is 5.77. The number of rotatable bonds is 1. The quantitative estimate of drug-likeness (QED) is 0.774. The molecular formula is C13H17F2N. The van der Waals surface area contributed by atoms with Gasteiger partial charge in [-0.25, -0.2) is 8.78 Å². The lowest BCUT2D eigenvalue weighted by Crippen LogP contribution is -2.29. The van der Waals surface area contributed by atoms with E-state index in [4.69, 9.17) is 0 Å². The summed E-state index contributed by atoms with van der Waals surface area (Å²) in [4.78, 5) is 0. The van der Waals surface area contributed by atoms with Gasteiger partial charge in [0.25, 0.3) is 0 Å². The smallest absolute Gasteiger partial charge is 0.129 e. The molecule has 1 saturated heterocycles. The Bertz CT molecular complexity index is 369. The molecule has 88 valence electrons. The highest BCUT2D eigenvalue weighted by Crippen LogP contribution is 2.31. The number of hydrogen-bond acceptors (Lipinski definition) is 1. The summed E-state index contributed by atoms with van der Waals surface area (Å²) >= 11 is 0. The molecule has 1 nitrogen and oxygen atoms in total. The number of benzene rings is 1. The monoisotopic (exact) mass is 225 g/mol. The Morgan fingerprint density at radius 2 is 1.81 bits per heavy atom. The highest BCUT2D eigenvalue weighted by Gasteiger charge is 2.22. The van der Waals surface area contributed by atoms with Crippen LogP contribution in [0.2, 0.25) is 0 Å². The molecule has 2 rings (SSSR count). The molecule has 0 bridgehead atoms. The summed E-state index contributed by atoms with van der Waals surface area (Å²) in [6, 6.07) is 0.990. The van der Waals surface area contributed by atoms with E-state index in [1.165, 1.54) is 0 Å². The average Bonchev–Trinajstić information content (AvgIpc) is 2.28. The minimum Gasteiger partial charge on any atom is -0.316 e. The molecule has 0 saturated carbocycles. The fourth-order valence-corrected chi connectivity index (χ4v) is 2.58. The fraction of sp³-hybridized carbons (Fsp3) is 0.538. The molecule has 0 amide bonds. The zero-order valence-electron chi connectivity index (χ0n) is 9.74. The van der Waals surface area contributed by atoms with E-state index in [9.17, 15) is 8.78 Å². The van der Waals surface area contributed by atoms with E-state index in [2.05, 4.69) is 5.32 Å². The summed E-state index contributed by atoms with van der Waals surface area (Å²) in [6.07, 6.45) is 2.08. The second-order valence-electron chi connectivity index (χ2n) is 4.55. The molecule has 1 aliphatic heterocycles. The van der Waals surface area contributed by atoms with E-state index in [0.717, 1.165) is 37.6 Å². The predicted molar refractivity (Wildman–Crippen MR) is 60.7 cm³/mol. The van der Waals surface area contributed by atoms with Crippen LogP contribution in [0.15, 0.2) is 6.07 Å². The summed E-state index contributed by atoms with van der Waals surface area (Å²) < 4.78 is 27.0. The highest BCUT2D eigenvalue weighted by molar-refractivity contribution is 5.39. The van der Waals surface area contributed by atoms with Gasteiger partial charge >= 0.3 is 0 Å². The predicted octanol–water partition coefficient (Wildman–Crippen LogP) is 3.05. The second-order valence-corrected chi connectivity index (χ2v) is 4.55. The van der Waals surface area contributed by atoms with Crippen molar-refractivity contribution in [2.45, 2.75) is 32.6 Å². The zero-order valence-corrected chi connectivity index (χ0v) is 9.74. The minimum atomic E-state index is -0.427. The molecule has 1 aromatic carbocycles. The fourth-order valence-electron chi connectivity index (χ4n) is 2.58. The van der Waals surface area contributed by atoms with Crippen molar-refractivity contribution in [3.05, 3.63) is 34.4 Å². The number of hydrogen-bond donors (Lipinski definition) is 1. The third-order valence-electron chi connectivity index (χ3n) is 3.48. The number of nitrogens with one attached hydrogen (secondary N) is 1. The van der Waals surface area contributed by atoms with Gasteiger partial charge in [0.1, 0.15) is 11.6 Å². The molecule has 1 aromatic rings. The first-order chi connectivity index (χ1) is 7.61. The van der Waals surface area contributed by atoms with E-state index in [1.54, 1.807) is 13.8 Å². The Morgan fingerprint density at radius 1 is 1.19 bits per heavy atom. The van der Waals surface area contributed by atoms with Crippen molar-refractivity contribution in [2.24, 2.45) is 0 Å². The third kappa shape index (κ3) is 1.96. The molecule has 1 N–H and O–H groups in total. The van der Waals surface area contributed by atoms with Gasteiger partial charge in [-0.2, -0.15) is 0 Å². The van der Waals surface area contributed by atoms with Crippen molar-refractivity contribution in [1.29, 1.82) is 0 Å². The van der Waals surface area contributed by atoms with Gasteiger partial charge < -0.3 is 5.32 Å². The summed E-state index contributed by atoms with van der Waals surface area (Å²) in [5.74, 6) is -0.605. The van der Waals surface area contributed by atoms with E-state index < -0.39 is 11.6 Å². The van der Waals surface area contributed by atoms with Gasteiger partial charge in [0.2, 0.25) is 0 Å². The first kappa shape index (κ1) is 11.5. The van der Waals surface area contributed by atoms with Crippen molar-refractivity contribution >= 4 is 0 Å². The van der Waals surface area contributed by atoms with Crippen molar-refractivity contribution in [3.63, 3.8) is 0 Å². The maximum atomic E-state index is 13.5.